The molecule has 128 valence electrons. The fourth-order valence-electron chi connectivity index (χ4n) is 1.94. The van der Waals surface area contributed by atoms with Gasteiger partial charge >= 0.3 is 0 Å². The van der Waals surface area contributed by atoms with Crippen molar-refractivity contribution < 1.29 is 9.59 Å². The molecule has 1 aromatic heterocycles. The minimum atomic E-state index is -0.536. The summed E-state index contributed by atoms with van der Waals surface area (Å²) >= 11 is 14.6. The summed E-state index contributed by atoms with van der Waals surface area (Å²) in [6.45, 7) is 0. The lowest BCUT2D eigenvalue weighted by molar-refractivity contribution is -0.119. The Labute approximate surface area is 161 Å². The average Bonchev–Trinajstić information content (AvgIpc) is 3.03. The van der Waals surface area contributed by atoms with E-state index in [0.29, 0.717) is 5.02 Å². The molecule has 0 bridgehead atoms. The number of thioether (sulfide) groups is 1. The lowest BCUT2D eigenvalue weighted by Crippen LogP contribution is -2.42. The van der Waals surface area contributed by atoms with Crippen LogP contribution in [0.2, 0.25) is 10.0 Å². The molecule has 25 heavy (non-hydrogen) atoms. The highest BCUT2D eigenvalue weighted by molar-refractivity contribution is 8.01. The van der Waals surface area contributed by atoms with Crippen molar-refractivity contribution in [1.82, 2.24) is 15.8 Å². The summed E-state index contributed by atoms with van der Waals surface area (Å²) in [7, 11) is 0. The first-order valence-electron chi connectivity index (χ1n) is 7.05. The van der Waals surface area contributed by atoms with E-state index >= 15 is 0 Å². The highest BCUT2D eigenvalue weighted by Gasteiger charge is 2.13. The Morgan fingerprint density at radius 2 is 1.92 bits per heavy atom. The molecule has 5 nitrogen and oxygen atoms in total. The number of carbonyl (C=O) groups excluding carboxylic acids is 2. The van der Waals surface area contributed by atoms with Crippen LogP contribution in [0.15, 0.2) is 46.8 Å². The smallest absolute Gasteiger partial charge is 0.271 e. The van der Waals surface area contributed by atoms with E-state index in [4.69, 9.17) is 23.2 Å². The Bertz CT molecular complexity index is 913. The molecule has 0 aliphatic carbocycles. The third-order valence-electron chi connectivity index (χ3n) is 3.09. The summed E-state index contributed by atoms with van der Waals surface area (Å²) in [5.41, 5.74) is 5.76. The zero-order valence-electron chi connectivity index (χ0n) is 12.6. The Balaban J connectivity index is 1.52. The molecule has 0 spiro atoms. The van der Waals surface area contributed by atoms with Crippen LogP contribution in [0.5, 0.6) is 0 Å². The molecule has 0 fully saturated rings. The van der Waals surface area contributed by atoms with Crippen LogP contribution >= 0.6 is 46.3 Å². The SMILES string of the molecule is O=C(CSc1nc2ccccc2s1)NNC(=O)c1cc(Cl)ccc1Cl. The van der Waals surface area contributed by atoms with Crippen LogP contribution in [0, 0.1) is 0 Å². The van der Waals surface area contributed by atoms with E-state index in [9.17, 15) is 9.59 Å². The van der Waals surface area contributed by atoms with Gasteiger partial charge in [-0.2, -0.15) is 0 Å². The van der Waals surface area contributed by atoms with Crippen LogP contribution in [0.4, 0.5) is 0 Å². The molecule has 3 aromatic rings. The van der Waals surface area contributed by atoms with Gasteiger partial charge in [-0.25, -0.2) is 4.98 Å². The number of nitrogens with one attached hydrogen (secondary N) is 2. The Morgan fingerprint density at radius 3 is 2.72 bits per heavy atom. The molecule has 2 amide bonds. The fraction of sp³-hybridized carbons (Fsp3) is 0.0625. The first kappa shape index (κ1) is 18.0. The highest BCUT2D eigenvalue weighted by Crippen LogP contribution is 2.29. The second-order valence-electron chi connectivity index (χ2n) is 4.86. The molecule has 0 unspecified atom stereocenters. The number of hydrogen-bond acceptors (Lipinski definition) is 5. The van der Waals surface area contributed by atoms with E-state index in [1.165, 1.54) is 35.2 Å². The maximum absolute atomic E-state index is 12.0. The monoisotopic (exact) mass is 411 g/mol. The molecule has 9 heteroatoms. The first-order chi connectivity index (χ1) is 12.0. The molecule has 0 radical (unpaired) electrons. The van der Waals surface area contributed by atoms with Crippen molar-refractivity contribution in [2.24, 2.45) is 0 Å². The topological polar surface area (TPSA) is 71.1 Å². The number of amides is 2. The second kappa shape index (κ2) is 8.05. The van der Waals surface area contributed by atoms with Gasteiger partial charge in [0.15, 0.2) is 4.34 Å². The van der Waals surface area contributed by atoms with Gasteiger partial charge in [-0.15, -0.1) is 11.3 Å². The Morgan fingerprint density at radius 1 is 1.12 bits per heavy atom. The molecule has 0 saturated carbocycles. The number of fused-ring (bicyclic) bond motifs is 1. The number of nitrogens with zero attached hydrogens (tertiary/aromatic N) is 1. The van der Waals surface area contributed by atoms with E-state index in [2.05, 4.69) is 15.8 Å². The average molecular weight is 412 g/mol. The third-order valence-corrected chi connectivity index (χ3v) is 5.83. The number of aromatic nitrogens is 1. The zero-order chi connectivity index (χ0) is 17.8. The Hall–Kier alpha value is -1.80. The number of carbonyl (C=O) groups is 2. The maximum atomic E-state index is 12.0. The zero-order valence-corrected chi connectivity index (χ0v) is 15.7. The first-order valence-corrected chi connectivity index (χ1v) is 9.61. The number of halogens is 2. The summed E-state index contributed by atoms with van der Waals surface area (Å²) in [4.78, 5) is 28.3. The number of para-hydroxylation sites is 1. The van der Waals surface area contributed by atoms with Crippen LogP contribution in [0.25, 0.3) is 10.2 Å². The molecule has 0 aliphatic rings. The molecule has 2 N–H and O–H groups in total. The lowest BCUT2D eigenvalue weighted by Gasteiger charge is -2.08. The molecule has 0 aliphatic heterocycles. The van der Waals surface area contributed by atoms with Crippen molar-refractivity contribution in [1.29, 1.82) is 0 Å². The largest absolute Gasteiger partial charge is 0.272 e. The fourth-order valence-corrected chi connectivity index (χ4v) is 4.19. The number of hydrazine groups is 1. The van der Waals surface area contributed by atoms with Crippen LogP contribution in [0.3, 0.4) is 0 Å². The van der Waals surface area contributed by atoms with Gasteiger partial charge in [0.1, 0.15) is 0 Å². The van der Waals surface area contributed by atoms with E-state index in [1.807, 2.05) is 24.3 Å². The van der Waals surface area contributed by atoms with Gasteiger partial charge in [0.05, 0.1) is 26.6 Å². The number of benzene rings is 2. The van der Waals surface area contributed by atoms with Gasteiger partial charge < -0.3 is 0 Å². The minimum Gasteiger partial charge on any atom is -0.272 e. The number of rotatable bonds is 4. The molecule has 0 saturated heterocycles. The summed E-state index contributed by atoms with van der Waals surface area (Å²) in [5.74, 6) is -0.759. The van der Waals surface area contributed by atoms with Crippen molar-refractivity contribution in [2.45, 2.75) is 4.34 Å². The van der Waals surface area contributed by atoms with Gasteiger partial charge in [0.25, 0.3) is 5.91 Å². The quantitative estimate of drug-likeness (QED) is 0.499. The van der Waals surface area contributed by atoms with Gasteiger partial charge in [0, 0.05) is 5.02 Å². The third kappa shape index (κ3) is 4.64. The Kier molecular flexibility index (Phi) is 5.80. The van der Waals surface area contributed by atoms with Crippen LogP contribution in [-0.4, -0.2) is 22.6 Å². The van der Waals surface area contributed by atoms with Crippen molar-refractivity contribution in [3.8, 4) is 0 Å². The predicted octanol–water partition coefficient (Wildman–Crippen LogP) is 4.16. The maximum Gasteiger partial charge on any atom is 0.271 e. The molecule has 0 atom stereocenters. The van der Waals surface area contributed by atoms with Gasteiger partial charge in [0.2, 0.25) is 5.91 Å². The summed E-state index contributed by atoms with van der Waals surface area (Å²) in [6, 6.07) is 12.3. The van der Waals surface area contributed by atoms with E-state index in [0.717, 1.165) is 14.6 Å². The summed E-state index contributed by atoms with van der Waals surface area (Å²) in [6.07, 6.45) is 0. The molecule has 2 aromatic carbocycles. The van der Waals surface area contributed by atoms with E-state index in [1.54, 1.807) is 6.07 Å². The summed E-state index contributed by atoms with van der Waals surface area (Å²) < 4.78 is 1.86. The van der Waals surface area contributed by atoms with E-state index < -0.39 is 5.91 Å². The van der Waals surface area contributed by atoms with Crippen LogP contribution in [0.1, 0.15) is 10.4 Å². The van der Waals surface area contributed by atoms with Crippen molar-refractivity contribution >= 4 is 68.3 Å². The van der Waals surface area contributed by atoms with Gasteiger partial charge in [-0.1, -0.05) is 47.1 Å². The lowest BCUT2D eigenvalue weighted by atomic mass is 10.2. The number of thiazole rings is 1. The second-order valence-corrected chi connectivity index (χ2v) is 7.96. The normalized spacial score (nSPS) is 10.6. The minimum absolute atomic E-state index is 0.128. The van der Waals surface area contributed by atoms with Crippen molar-refractivity contribution in [3.05, 3.63) is 58.1 Å². The van der Waals surface area contributed by atoms with Crippen LogP contribution in [-0.2, 0) is 4.79 Å². The van der Waals surface area contributed by atoms with Gasteiger partial charge in [-0.3, -0.25) is 20.4 Å². The molecule has 1 heterocycles. The summed E-state index contributed by atoms with van der Waals surface area (Å²) in [5, 5.41) is 0.632. The standard InChI is InChI=1S/C16H11Cl2N3O2S2/c17-9-5-6-11(18)10(7-9)15(23)21-20-14(22)8-24-16-19-12-3-1-2-4-13(12)25-16/h1-7H,8H2,(H,20,22)(H,21,23). The van der Waals surface area contributed by atoms with Crippen molar-refractivity contribution in [3.63, 3.8) is 0 Å². The van der Waals surface area contributed by atoms with Crippen molar-refractivity contribution in [2.75, 3.05) is 5.75 Å². The number of hydrogen-bond donors (Lipinski definition) is 2. The molecule has 3 rings (SSSR count). The van der Waals surface area contributed by atoms with E-state index in [-0.39, 0.29) is 22.2 Å². The predicted molar refractivity (Wildman–Crippen MR) is 102 cm³/mol. The highest BCUT2D eigenvalue weighted by atomic mass is 35.5. The van der Waals surface area contributed by atoms with Crippen LogP contribution < -0.4 is 10.9 Å². The molecular formula is C16H11Cl2N3O2S2. The van der Waals surface area contributed by atoms with Gasteiger partial charge in [-0.05, 0) is 30.3 Å². The molecular weight excluding hydrogens is 401 g/mol.